The molecule has 0 rings (SSSR count). The lowest BCUT2D eigenvalue weighted by Crippen LogP contribution is -1.81. The second-order valence-electron chi connectivity index (χ2n) is 1.14. The Labute approximate surface area is 56.6 Å². The van der Waals surface area contributed by atoms with Crippen molar-refractivity contribution in [2.75, 3.05) is 0 Å². The van der Waals surface area contributed by atoms with E-state index in [1.54, 1.807) is 6.92 Å². The number of carboxylic acid groups (broad SMARTS) is 2. The first-order valence-electron chi connectivity index (χ1n) is 2.33. The molecular formula is C5H8F2O3. The highest BCUT2D eigenvalue weighted by Gasteiger charge is 1.87. The van der Waals surface area contributed by atoms with Crippen molar-refractivity contribution < 1.29 is 23.8 Å². The van der Waals surface area contributed by atoms with Crippen molar-refractivity contribution in [3.8, 4) is 0 Å². The smallest absolute Gasteiger partial charge is 0.450 e. The molecule has 0 aliphatic heterocycles. The van der Waals surface area contributed by atoms with Crippen LogP contribution in [0.25, 0.3) is 0 Å². The molecule has 0 aromatic carbocycles. The highest BCUT2D eigenvalue weighted by molar-refractivity contribution is 5.53. The van der Waals surface area contributed by atoms with Crippen molar-refractivity contribution in [3.05, 3.63) is 12.2 Å². The Balaban J connectivity index is 0. The van der Waals surface area contributed by atoms with E-state index in [9.17, 15) is 8.78 Å². The maximum Gasteiger partial charge on any atom is 0.503 e. The molecule has 60 valence electrons. The molecule has 0 aromatic rings. The van der Waals surface area contributed by atoms with E-state index in [4.69, 9.17) is 15.0 Å². The van der Waals surface area contributed by atoms with E-state index in [0.717, 1.165) is 6.08 Å². The molecule has 0 aromatic heterocycles. The van der Waals surface area contributed by atoms with Gasteiger partial charge in [-0.1, -0.05) is 6.08 Å². The standard InChI is InChI=1S/C4H6F2.CH2O3/c1-2-3-4(5)6;2-1(3)4/h2-4H,1H3;(H2,2,3,4). The van der Waals surface area contributed by atoms with Gasteiger partial charge in [-0.2, -0.15) is 0 Å². The van der Waals surface area contributed by atoms with Crippen LogP contribution in [-0.2, 0) is 0 Å². The van der Waals surface area contributed by atoms with Crippen molar-refractivity contribution in [1.29, 1.82) is 0 Å². The molecule has 2 N–H and O–H groups in total. The first-order chi connectivity index (χ1) is 4.50. The average molecular weight is 154 g/mol. The molecule has 0 saturated carbocycles. The van der Waals surface area contributed by atoms with E-state index < -0.39 is 12.6 Å². The lowest BCUT2D eigenvalue weighted by Gasteiger charge is -1.78. The topological polar surface area (TPSA) is 57.5 Å². The molecule has 0 saturated heterocycles. The molecular weight excluding hydrogens is 146 g/mol. The number of allylic oxidation sites excluding steroid dienone is 2. The van der Waals surface area contributed by atoms with Gasteiger partial charge in [0.2, 0.25) is 0 Å². The molecule has 0 radical (unpaired) electrons. The van der Waals surface area contributed by atoms with E-state index in [1.807, 2.05) is 0 Å². The lowest BCUT2D eigenvalue weighted by atomic mass is 10.6. The molecule has 0 spiro atoms. The van der Waals surface area contributed by atoms with Crippen LogP contribution in [0.1, 0.15) is 6.92 Å². The minimum absolute atomic E-state index is 0.833. The quantitative estimate of drug-likeness (QED) is 0.568. The summed E-state index contributed by atoms with van der Waals surface area (Å²) >= 11 is 0. The van der Waals surface area contributed by atoms with Gasteiger partial charge in [0.25, 0.3) is 6.43 Å². The highest BCUT2D eigenvalue weighted by atomic mass is 19.3. The minimum atomic E-state index is -2.28. The third-order valence-electron chi connectivity index (χ3n) is 0.338. The van der Waals surface area contributed by atoms with E-state index in [-0.39, 0.29) is 0 Å². The summed E-state index contributed by atoms with van der Waals surface area (Å²) < 4.78 is 21.9. The summed E-state index contributed by atoms with van der Waals surface area (Å²) in [5, 5.41) is 13.9. The fraction of sp³-hybridized carbons (Fsp3) is 0.400. The molecule has 0 bridgehead atoms. The Morgan fingerprint density at radius 1 is 1.50 bits per heavy atom. The fourth-order valence-corrected chi connectivity index (χ4v) is 0.145. The van der Waals surface area contributed by atoms with E-state index >= 15 is 0 Å². The number of alkyl halides is 2. The lowest BCUT2D eigenvalue weighted by molar-refractivity contribution is 0.137. The number of halogens is 2. The largest absolute Gasteiger partial charge is 0.503 e. The zero-order valence-corrected chi connectivity index (χ0v) is 5.29. The van der Waals surface area contributed by atoms with Crippen LogP contribution in [0.4, 0.5) is 13.6 Å². The monoisotopic (exact) mass is 154 g/mol. The van der Waals surface area contributed by atoms with Gasteiger partial charge in [-0.15, -0.1) is 0 Å². The number of hydrogen-bond acceptors (Lipinski definition) is 1. The molecule has 0 aliphatic carbocycles. The molecule has 0 aliphatic rings. The molecule has 0 unspecified atom stereocenters. The number of carbonyl (C=O) groups is 1. The van der Waals surface area contributed by atoms with Crippen LogP contribution in [0.5, 0.6) is 0 Å². The van der Waals surface area contributed by atoms with Crippen molar-refractivity contribution in [1.82, 2.24) is 0 Å². The minimum Gasteiger partial charge on any atom is -0.450 e. The number of hydrogen-bond donors (Lipinski definition) is 2. The van der Waals surface area contributed by atoms with Gasteiger partial charge in [0.15, 0.2) is 0 Å². The van der Waals surface area contributed by atoms with Crippen molar-refractivity contribution in [2.45, 2.75) is 13.3 Å². The van der Waals surface area contributed by atoms with Crippen molar-refractivity contribution in [3.63, 3.8) is 0 Å². The predicted octanol–water partition coefficient (Wildman–Crippen LogP) is 2.05. The van der Waals surface area contributed by atoms with Gasteiger partial charge >= 0.3 is 6.16 Å². The van der Waals surface area contributed by atoms with Crippen molar-refractivity contribution >= 4 is 6.16 Å². The average Bonchev–Trinajstić information content (AvgIpc) is 1.62. The Morgan fingerprint density at radius 2 is 1.80 bits per heavy atom. The van der Waals surface area contributed by atoms with Gasteiger partial charge in [0.1, 0.15) is 0 Å². The molecule has 0 heterocycles. The number of rotatable bonds is 1. The molecule has 0 amide bonds. The first-order valence-corrected chi connectivity index (χ1v) is 2.33. The van der Waals surface area contributed by atoms with Crippen LogP contribution >= 0.6 is 0 Å². The van der Waals surface area contributed by atoms with Gasteiger partial charge in [0, 0.05) is 0 Å². The van der Waals surface area contributed by atoms with E-state index in [0.29, 0.717) is 0 Å². The summed E-state index contributed by atoms with van der Waals surface area (Å²) in [6, 6.07) is 0. The SMILES string of the molecule is CC=CC(F)F.O=C(O)O. The summed E-state index contributed by atoms with van der Waals surface area (Å²) in [5.74, 6) is 0. The summed E-state index contributed by atoms with van der Waals surface area (Å²) in [6.45, 7) is 1.56. The van der Waals surface area contributed by atoms with Crippen LogP contribution in [0, 0.1) is 0 Å². The van der Waals surface area contributed by atoms with E-state index in [2.05, 4.69) is 0 Å². The Morgan fingerprint density at radius 3 is 1.80 bits per heavy atom. The second-order valence-corrected chi connectivity index (χ2v) is 1.14. The van der Waals surface area contributed by atoms with Gasteiger partial charge < -0.3 is 10.2 Å². The summed E-state index contributed by atoms with van der Waals surface area (Å²) in [6.07, 6.45) is -1.96. The zero-order chi connectivity index (χ0) is 8.57. The van der Waals surface area contributed by atoms with Crippen molar-refractivity contribution in [2.24, 2.45) is 0 Å². The van der Waals surface area contributed by atoms with Gasteiger partial charge in [0.05, 0.1) is 0 Å². The predicted molar refractivity (Wildman–Crippen MR) is 31.5 cm³/mol. The van der Waals surface area contributed by atoms with Gasteiger partial charge in [-0.3, -0.25) is 0 Å². The van der Waals surface area contributed by atoms with Crippen LogP contribution in [0.15, 0.2) is 12.2 Å². The van der Waals surface area contributed by atoms with Gasteiger partial charge in [-0.25, -0.2) is 13.6 Å². The van der Waals surface area contributed by atoms with Crippen LogP contribution in [0.2, 0.25) is 0 Å². The fourth-order valence-electron chi connectivity index (χ4n) is 0.145. The molecule has 0 fully saturated rings. The Bertz CT molecular complexity index is 107. The summed E-state index contributed by atoms with van der Waals surface area (Å²) in [4.78, 5) is 8.56. The second kappa shape index (κ2) is 7.87. The molecule has 3 nitrogen and oxygen atoms in total. The normalized spacial score (nSPS) is 9.20. The van der Waals surface area contributed by atoms with Gasteiger partial charge in [-0.05, 0) is 13.0 Å². The molecule has 5 heteroatoms. The maximum absolute atomic E-state index is 10.9. The molecule has 0 atom stereocenters. The molecule has 10 heavy (non-hydrogen) atoms. The van der Waals surface area contributed by atoms with Crippen LogP contribution < -0.4 is 0 Å². The maximum atomic E-state index is 10.9. The third kappa shape index (κ3) is 67.7. The first kappa shape index (κ1) is 11.6. The van der Waals surface area contributed by atoms with Crippen LogP contribution in [0.3, 0.4) is 0 Å². The Hall–Kier alpha value is -1.13. The van der Waals surface area contributed by atoms with Crippen LogP contribution in [-0.4, -0.2) is 22.8 Å². The zero-order valence-electron chi connectivity index (χ0n) is 5.29. The summed E-state index contributed by atoms with van der Waals surface area (Å²) in [5.41, 5.74) is 0. The third-order valence-corrected chi connectivity index (χ3v) is 0.338. The summed E-state index contributed by atoms with van der Waals surface area (Å²) in [7, 11) is 0. The highest BCUT2D eigenvalue weighted by Crippen LogP contribution is 1.90. The Kier molecular flexibility index (Phi) is 9.16. The van der Waals surface area contributed by atoms with E-state index in [1.165, 1.54) is 6.08 Å².